The maximum absolute atomic E-state index is 9.75. The number of fused-ring (bicyclic) bond motifs is 2. The second-order valence-electron chi connectivity index (χ2n) is 5.53. The Labute approximate surface area is 159 Å². The Balaban J connectivity index is 0.000000431. The van der Waals surface area contributed by atoms with E-state index < -0.39 is 7.25 Å². The second-order valence-corrected chi connectivity index (χ2v) is 8.31. The molecule has 0 spiro atoms. The van der Waals surface area contributed by atoms with Crippen molar-refractivity contribution in [2.45, 2.75) is 52.2 Å². The first-order valence-corrected chi connectivity index (χ1v) is 10.4. The first kappa shape index (κ1) is 20.8. The summed E-state index contributed by atoms with van der Waals surface area (Å²) in [6.07, 6.45) is 4.79. The van der Waals surface area contributed by atoms with Crippen molar-refractivity contribution in [1.82, 2.24) is 0 Å². The highest BCUT2D eigenvalue weighted by Crippen LogP contribution is 2.44. The van der Waals surface area contributed by atoms with Crippen LogP contribution >= 0.6 is 11.8 Å². The molecule has 2 aromatic rings. The van der Waals surface area contributed by atoms with E-state index in [9.17, 15) is 17.3 Å². The molecule has 3 rings (SSSR count). The van der Waals surface area contributed by atoms with E-state index in [0.29, 0.717) is 0 Å². The molecule has 2 aromatic carbocycles. The lowest BCUT2D eigenvalue weighted by Gasteiger charge is -2.14. The van der Waals surface area contributed by atoms with Gasteiger partial charge in [-0.25, -0.2) is 0 Å². The van der Waals surface area contributed by atoms with Crippen LogP contribution in [0.3, 0.4) is 0 Å². The molecule has 1 aliphatic rings. The SMILES string of the molecule is CCCCCC#C[S+]1c2ccccc2Sc2ccccc21.F[B-](F)(F)F. The number of hydrogen-bond acceptors (Lipinski definition) is 1. The fourth-order valence-electron chi connectivity index (χ4n) is 2.34. The summed E-state index contributed by atoms with van der Waals surface area (Å²) in [6, 6.07) is 17.4. The maximum Gasteiger partial charge on any atom is 0.673 e. The Kier molecular flexibility index (Phi) is 7.98. The van der Waals surface area contributed by atoms with Crippen molar-refractivity contribution >= 4 is 29.9 Å². The summed E-state index contributed by atoms with van der Waals surface area (Å²) in [6.45, 7) is 2.24. The third kappa shape index (κ3) is 6.66. The zero-order valence-corrected chi connectivity index (χ0v) is 16.0. The van der Waals surface area contributed by atoms with E-state index in [4.69, 9.17) is 0 Å². The zero-order valence-electron chi connectivity index (χ0n) is 14.4. The minimum absolute atomic E-state index is 0.0819. The molecule has 0 bridgehead atoms. The maximum atomic E-state index is 9.75. The minimum atomic E-state index is -6.00. The number of hydrogen-bond donors (Lipinski definition) is 0. The summed E-state index contributed by atoms with van der Waals surface area (Å²) < 4.78 is 39.0. The van der Waals surface area contributed by atoms with Crippen molar-refractivity contribution in [3.8, 4) is 11.2 Å². The van der Waals surface area contributed by atoms with Crippen LogP contribution < -0.4 is 0 Å². The van der Waals surface area contributed by atoms with E-state index in [1.54, 1.807) is 0 Å². The van der Waals surface area contributed by atoms with Crippen LogP contribution in [0.2, 0.25) is 0 Å². The molecule has 1 aliphatic heterocycles. The second kappa shape index (κ2) is 9.98. The molecular weight excluding hydrogens is 379 g/mol. The zero-order chi connectivity index (χ0) is 19.0. The van der Waals surface area contributed by atoms with Crippen LogP contribution in [0.25, 0.3) is 0 Å². The van der Waals surface area contributed by atoms with Crippen molar-refractivity contribution in [2.24, 2.45) is 0 Å². The highest BCUT2D eigenvalue weighted by molar-refractivity contribution is 8.06. The monoisotopic (exact) mass is 398 g/mol. The summed E-state index contributed by atoms with van der Waals surface area (Å²) in [7, 11) is -6.08. The molecule has 0 unspecified atom stereocenters. The van der Waals surface area contributed by atoms with Gasteiger partial charge in [-0.2, -0.15) is 0 Å². The van der Waals surface area contributed by atoms with E-state index in [1.807, 2.05) is 11.8 Å². The highest BCUT2D eigenvalue weighted by Gasteiger charge is 2.34. The van der Waals surface area contributed by atoms with E-state index in [-0.39, 0.29) is 10.9 Å². The van der Waals surface area contributed by atoms with Gasteiger partial charge in [-0.1, -0.05) is 55.8 Å². The Hall–Kier alpha value is -1.52. The van der Waals surface area contributed by atoms with Crippen molar-refractivity contribution in [1.29, 1.82) is 0 Å². The summed E-state index contributed by atoms with van der Waals surface area (Å²) in [5.41, 5.74) is 0. The van der Waals surface area contributed by atoms with Gasteiger partial charge in [-0.05, 0) is 36.6 Å². The van der Waals surface area contributed by atoms with Gasteiger partial charge in [0.25, 0.3) is 0 Å². The fourth-order valence-corrected chi connectivity index (χ4v) is 5.63. The van der Waals surface area contributed by atoms with Gasteiger partial charge >= 0.3 is 7.25 Å². The van der Waals surface area contributed by atoms with Gasteiger partial charge in [-0.15, -0.1) is 0 Å². The average molecular weight is 398 g/mol. The van der Waals surface area contributed by atoms with Crippen molar-refractivity contribution in [2.75, 3.05) is 0 Å². The molecule has 0 N–H and O–H groups in total. The van der Waals surface area contributed by atoms with Crippen molar-refractivity contribution in [3.05, 3.63) is 48.5 Å². The van der Waals surface area contributed by atoms with Crippen LogP contribution in [0.4, 0.5) is 17.3 Å². The van der Waals surface area contributed by atoms with Crippen LogP contribution in [-0.4, -0.2) is 7.25 Å². The minimum Gasteiger partial charge on any atom is -0.418 e. The smallest absolute Gasteiger partial charge is 0.418 e. The Morgan fingerprint density at radius 2 is 1.38 bits per heavy atom. The van der Waals surface area contributed by atoms with Gasteiger partial charge in [0.2, 0.25) is 0 Å². The first-order chi connectivity index (χ1) is 12.4. The average Bonchev–Trinajstić information content (AvgIpc) is 2.59. The molecule has 0 amide bonds. The molecule has 0 nitrogen and oxygen atoms in total. The van der Waals surface area contributed by atoms with Gasteiger partial charge in [0.1, 0.15) is 0 Å². The normalized spacial score (nSPS) is 12.8. The molecule has 7 heteroatoms. The molecule has 0 saturated carbocycles. The number of unbranched alkanes of at least 4 members (excludes halogenated alkanes) is 3. The fraction of sp³-hybridized carbons (Fsp3) is 0.263. The van der Waals surface area contributed by atoms with Crippen molar-refractivity contribution < 1.29 is 17.3 Å². The van der Waals surface area contributed by atoms with Gasteiger partial charge in [-0.3, -0.25) is 0 Å². The first-order valence-electron chi connectivity index (χ1n) is 8.36. The molecule has 0 saturated heterocycles. The third-order valence-corrected chi connectivity index (χ3v) is 6.79. The van der Waals surface area contributed by atoms with E-state index >= 15 is 0 Å². The van der Waals surface area contributed by atoms with E-state index in [0.717, 1.165) is 6.42 Å². The lowest BCUT2D eigenvalue weighted by Crippen LogP contribution is -2.07. The van der Waals surface area contributed by atoms with E-state index in [2.05, 4.69) is 66.6 Å². The molecule has 1 heterocycles. The molecular formula is C19H19BF4S2. The lowest BCUT2D eigenvalue weighted by atomic mass is 10.2. The quantitative estimate of drug-likeness (QED) is 0.176. The van der Waals surface area contributed by atoms with Gasteiger partial charge in [0, 0.05) is 6.42 Å². The summed E-state index contributed by atoms with van der Waals surface area (Å²) in [4.78, 5) is 5.51. The Morgan fingerprint density at radius 3 is 1.88 bits per heavy atom. The number of rotatable bonds is 3. The number of halogens is 4. The predicted molar refractivity (Wildman–Crippen MR) is 103 cm³/mol. The summed E-state index contributed by atoms with van der Waals surface area (Å²) in [5.74, 6) is 3.42. The highest BCUT2D eigenvalue weighted by atomic mass is 32.2. The molecule has 26 heavy (non-hydrogen) atoms. The van der Waals surface area contributed by atoms with Crippen molar-refractivity contribution in [3.63, 3.8) is 0 Å². The Morgan fingerprint density at radius 1 is 0.885 bits per heavy atom. The van der Waals surface area contributed by atoms with Crippen LogP contribution in [-0.2, 0) is 10.9 Å². The molecule has 0 aromatic heterocycles. The van der Waals surface area contributed by atoms with E-state index in [1.165, 1.54) is 38.8 Å². The largest absolute Gasteiger partial charge is 0.673 e. The molecule has 138 valence electrons. The van der Waals surface area contributed by atoms with Crippen LogP contribution in [0.15, 0.2) is 68.1 Å². The summed E-state index contributed by atoms with van der Waals surface area (Å²) in [5, 5.41) is 3.56. The van der Waals surface area contributed by atoms with Crippen LogP contribution in [0.1, 0.15) is 32.6 Å². The number of benzene rings is 2. The predicted octanol–water partition coefficient (Wildman–Crippen LogP) is 7.03. The van der Waals surface area contributed by atoms with Gasteiger partial charge in [0.05, 0.1) is 9.79 Å². The van der Waals surface area contributed by atoms with Gasteiger partial charge < -0.3 is 17.3 Å². The molecule has 0 atom stereocenters. The Bertz CT molecular complexity index is 729. The summed E-state index contributed by atoms with van der Waals surface area (Å²) >= 11 is 1.87. The molecule has 0 radical (unpaired) electrons. The lowest BCUT2D eigenvalue weighted by molar-refractivity contribution is 0.368. The third-order valence-electron chi connectivity index (χ3n) is 3.44. The topological polar surface area (TPSA) is 0 Å². The molecule has 0 aliphatic carbocycles. The molecule has 0 fully saturated rings. The van der Waals surface area contributed by atoms with Gasteiger partial charge in [0.15, 0.2) is 25.9 Å². The standard InChI is InChI=1S/C19H19S2.BF4/c1-2-3-4-5-10-15-21-18-13-8-6-11-16(18)20-17-12-7-9-14-19(17)21;2-1(3,4)5/h6-9,11-14H,2-5H2,1H3;/q+1;-1. The van der Waals surface area contributed by atoms with Crippen LogP contribution in [0, 0.1) is 11.2 Å². The van der Waals surface area contributed by atoms with Crippen LogP contribution in [0.5, 0.6) is 0 Å².